The van der Waals surface area contributed by atoms with Gasteiger partial charge in [0, 0.05) is 13.1 Å². The lowest BCUT2D eigenvalue weighted by Crippen LogP contribution is -2.47. The molecular formula is C14H19N3O3. The minimum atomic E-state index is -1.05. The van der Waals surface area contributed by atoms with Crippen LogP contribution in [-0.2, 0) is 0 Å². The Labute approximate surface area is 117 Å². The van der Waals surface area contributed by atoms with Gasteiger partial charge >= 0.3 is 12.0 Å². The van der Waals surface area contributed by atoms with Gasteiger partial charge in [0.05, 0.1) is 11.3 Å². The maximum Gasteiger partial charge on any atom is 0.337 e. The maximum absolute atomic E-state index is 12.0. The molecule has 1 aliphatic heterocycles. The number of carbonyl (C=O) groups is 2. The summed E-state index contributed by atoms with van der Waals surface area (Å²) in [4.78, 5) is 23.1. The number of aryl methyl sites for hydroxylation is 1. The highest BCUT2D eigenvalue weighted by Gasteiger charge is 2.17. The average Bonchev–Trinajstić information content (AvgIpc) is 2.42. The first-order valence-electron chi connectivity index (χ1n) is 6.73. The van der Waals surface area contributed by atoms with Crippen molar-refractivity contribution in [1.82, 2.24) is 10.4 Å². The van der Waals surface area contributed by atoms with Crippen molar-refractivity contribution in [2.24, 2.45) is 0 Å². The van der Waals surface area contributed by atoms with Gasteiger partial charge < -0.3 is 10.4 Å². The summed E-state index contributed by atoms with van der Waals surface area (Å²) in [6.07, 6.45) is 3.30. The van der Waals surface area contributed by atoms with Crippen LogP contribution in [-0.4, -0.2) is 35.2 Å². The van der Waals surface area contributed by atoms with Crippen molar-refractivity contribution in [1.29, 1.82) is 0 Å². The summed E-state index contributed by atoms with van der Waals surface area (Å²) < 4.78 is 0. The number of benzene rings is 1. The van der Waals surface area contributed by atoms with Crippen molar-refractivity contribution in [2.75, 3.05) is 18.4 Å². The number of amides is 2. The molecule has 0 aliphatic carbocycles. The summed E-state index contributed by atoms with van der Waals surface area (Å²) >= 11 is 0. The van der Waals surface area contributed by atoms with Crippen LogP contribution in [0, 0.1) is 6.92 Å². The number of aromatic carboxylic acids is 1. The van der Waals surface area contributed by atoms with E-state index >= 15 is 0 Å². The minimum Gasteiger partial charge on any atom is -0.478 e. The van der Waals surface area contributed by atoms with Crippen molar-refractivity contribution in [3.63, 3.8) is 0 Å². The second kappa shape index (κ2) is 6.38. The van der Waals surface area contributed by atoms with Crippen LogP contribution < -0.4 is 10.7 Å². The SMILES string of the molecule is Cc1cccc(C(=O)O)c1NC(=O)NN1CCCCC1. The van der Waals surface area contributed by atoms with E-state index in [-0.39, 0.29) is 5.56 Å². The standard InChI is InChI=1S/C14H19N3O3/c1-10-6-5-7-11(13(18)19)12(10)15-14(20)16-17-8-3-2-4-9-17/h5-7H,2-4,8-9H2,1H3,(H,18,19)(H2,15,16,20). The van der Waals surface area contributed by atoms with E-state index < -0.39 is 12.0 Å². The molecule has 108 valence electrons. The lowest BCUT2D eigenvalue weighted by Gasteiger charge is -2.27. The van der Waals surface area contributed by atoms with E-state index in [0.717, 1.165) is 31.5 Å². The highest BCUT2D eigenvalue weighted by atomic mass is 16.4. The van der Waals surface area contributed by atoms with E-state index in [4.69, 9.17) is 5.11 Å². The summed E-state index contributed by atoms with van der Waals surface area (Å²) in [5.41, 5.74) is 3.91. The summed E-state index contributed by atoms with van der Waals surface area (Å²) in [6, 6.07) is 4.50. The van der Waals surface area contributed by atoms with Crippen LogP contribution in [0.2, 0.25) is 0 Å². The van der Waals surface area contributed by atoms with E-state index in [1.807, 2.05) is 5.01 Å². The Balaban J connectivity index is 2.05. The first-order chi connectivity index (χ1) is 9.58. The predicted octanol–water partition coefficient (Wildman–Crippen LogP) is 2.22. The second-order valence-electron chi connectivity index (χ2n) is 4.92. The van der Waals surface area contributed by atoms with Crippen LogP contribution in [0.4, 0.5) is 10.5 Å². The monoisotopic (exact) mass is 277 g/mol. The second-order valence-corrected chi connectivity index (χ2v) is 4.92. The van der Waals surface area contributed by atoms with Gasteiger partial charge in [0.1, 0.15) is 0 Å². The van der Waals surface area contributed by atoms with Crippen molar-refractivity contribution in [3.8, 4) is 0 Å². The molecule has 2 rings (SSSR count). The van der Waals surface area contributed by atoms with Crippen LogP contribution in [0.1, 0.15) is 35.2 Å². The van der Waals surface area contributed by atoms with Crippen LogP contribution in [0.5, 0.6) is 0 Å². The van der Waals surface area contributed by atoms with Gasteiger partial charge in [-0.1, -0.05) is 18.6 Å². The molecule has 6 nitrogen and oxygen atoms in total. The first kappa shape index (κ1) is 14.3. The Kier molecular flexibility index (Phi) is 4.57. The van der Waals surface area contributed by atoms with E-state index in [2.05, 4.69) is 10.7 Å². The molecule has 0 bridgehead atoms. The summed E-state index contributed by atoms with van der Waals surface area (Å²) in [5.74, 6) is -1.05. The third-order valence-corrected chi connectivity index (χ3v) is 3.36. The molecule has 1 aliphatic rings. The van der Waals surface area contributed by atoms with E-state index in [9.17, 15) is 9.59 Å². The fraction of sp³-hybridized carbons (Fsp3) is 0.429. The molecule has 1 fully saturated rings. The molecule has 0 unspecified atom stereocenters. The van der Waals surface area contributed by atoms with Gasteiger partial charge in [-0.15, -0.1) is 0 Å². The van der Waals surface area contributed by atoms with Gasteiger partial charge in [0.2, 0.25) is 0 Å². The highest BCUT2D eigenvalue weighted by Crippen LogP contribution is 2.20. The number of carboxylic acids is 1. The Hall–Kier alpha value is -2.08. The van der Waals surface area contributed by atoms with Crippen molar-refractivity contribution in [2.45, 2.75) is 26.2 Å². The number of urea groups is 1. The zero-order valence-electron chi connectivity index (χ0n) is 11.5. The lowest BCUT2D eigenvalue weighted by atomic mass is 10.1. The molecule has 1 aromatic carbocycles. The smallest absolute Gasteiger partial charge is 0.337 e. The van der Waals surface area contributed by atoms with E-state index in [1.165, 1.54) is 12.5 Å². The summed E-state index contributed by atoms with van der Waals surface area (Å²) in [6.45, 7) is 3.42. The van der Waals surface area contributed by atoms with Gasteiger partial charge in [-0.2, -0.15) is 0 Å². The summed E-state index contributed by atoms with van der Waals surface area (Å²) in [7, 11) is 0. The van der Waals surface area contributed by atoms with Gasteiger partial charge in [0.15, 0.2) is 0 Å². The maximum atomic E-state index is 12.0. The lowest BCUT2D eigenvalue weighted by molar-refractivity contribution is 0.0698. The van der Waals surface area contributed by atoms with Crippen LogP contribution in [0.3, 0.4) is 0 Å². The number of piperidine rings is 1. The number of nitrogens with one attached hydrogen (secondary N) is 2. The number of carboxylic acid groups (broad SMARTS) is 1. The number of hydrogen-bond acceptors (Lipinski definition) is 3. The molecule has 2 amide bonds. The molecule has 0 saturated carbocycles. The fourth-order valence-corrected chi connectivity index (χ4v) is 2.30. The van der Waals surface area contributed by atoms with Crippen LogP contribution in [0.15, 0.2) is 18.2 Å². The highest BCUT2D eigenvalue weighted by molar-refractivity contribution is 6.00. The number of hydrazine groups is 1. The van der Waals surface area contributed by atoms with E-state index in [0.29, 0.717) is 5.69 Å². The Morgan fingerprint density at radius 3 is 2.55 bits per heavy atom. The van der Waals surface area contributed by atoms with Gasteiger partial charge in [-0.05, 0) is 31.4 Å². The molecule has 1 aromatic rings. The molecule has 20 heavy (non-hydrogen) atoms. The van der Waals surface area contributed by atoms with Gasteiger partial charge in [-0.25, -0.2) is 14.6 Å². The van der Waals surface area contributed by atoms with Gasteiger partial charge in [0.25, 0.3) is 0 Å². The molecule has 3 N–H and O–H groups in total. The quantitative estimate of drug-likeness (QED) is 0.791. The molecular weight excluding hydrogens is 258 g/mol. The molecule has 0 aromatic heterocycles. The average molecular weight is 277 g/mol. The Bertz CT molecular complexity index is 510. The Morgan fingerprint density at radius 1 is 1.20 bits per heavy atom. The van der Waals surface area contributed by atoms with Crippen molar-refractivity contribution < 1.29 is 14.7 Å². The first-order valence-corrected chi connectivity index (χ1v) is 6.73. The number of nitrogens with zero attached hydrogens (tertiary/aromatic N) is 1. The zero-order chi connectivity index (χ0) is 14.5. The number of para-hydroxylation sites is 1. The predicted molar refractivity (Wildman–Crippen MR) is 75.7 cm³/mol. The number of anilines is 1. The van der Waals surface area contributed by atoms with Crippen LogP contribution in [0.25, 0.3) is 0 Å². The number of carbonyl (C=O) groups excluding carboxylic acids is 1. The van der Waals surface area contributed by atoms with Gasteiger partial charge in [-0.3, -0.25) is 5.43 Å². The molecule has 1 heterocycles. The topological polar surface area (TPSA) is 81.7 Å². The summed E-state index contributed by atoms with van der Waals surface area (Å²) in [5, 5.41) is 13.6. The molecule has 0 atom stereocenters. The number of hydrogen-bond donors (Lipinski definition) is 3. The normalized spacial score (nSPS) is 15.7. The Morgan fingerprint density at radius 2 is 1.90 bits per heavy atom. The number of rotatable bonds is 3. The van der Waals surface area contributed by atoms with E-state index in [1.54, 1.807) is 19.1 Å². The third-order valence-electron chi connectivity index (χ3n) is 3.36. The molecule has 0 radical (unpaired) electrons. The minimum absolute atomic E-state index is 0.0961. The molecule has 6 heteroatoms. The fourth-order valence-electron chi connectivity index (χ4n) is 2.30. The molecule has 0 spiro atoms. The largest absolute Gasteiger partial charge is 0.478 e. The zero-order valence-corrected chi connectivity index (χ0v) is 11.5. The van der Waals surface area contributed by atoms with Crippen molar-refractivity contribution in [3.05, 3.63) is 29.3 Å². The van der Waals surface area contributed by atoms with Crippen LogP contribution >= 0.6 is 0 Å². The molecule has 1 saturated heterocycles. The van der Waals surface area contributed by atoms with Crippen molar-refractivity contribution >= 4 is 17.7 Å². The third kappa shape index (κ3) is 3.48.